The zero-order valence-electron chi connectivity index (χ0n) is 12.6. The summed E-state index contributed by atoms with van der Waals surface area (Å²) in [6, 6.07) is 7.87. The van der Waals surface area contributed by atoms with Gasteiger partial charge in [-0.3, -0.25) is 14.9 Å². The third-order valence-electron chi connectivity index (χ3n) is 3.21. The molecular formula is C16H16N2O6. The summed E-state index contributed by atoms with van der Waals surface area (Å²) >= 11 is 0. The molecule has 0 spiro atoms. The second kappa shape index (κ2) is 7.93. The molecule has 0 bridgehead atoms. The van der Waals surface area contributed by atoms with E-state index in [0.29, 0.717) is 11.4 Å². The number of hydrogen-bond donors (Lipinski definition) is 4. The molecule has 2 aromatic rings. The number of amides is 1. The van der Waals surface area contributed by atoms with Crippen molar-refractivity contribution in [3.05, 3.63) is 54.0 Å². The van der Waals surface area contributed by atoms with Gasteiger partial charge in [-0.05, 0) is 36.4 Å². The van der Waals surface area contributed by atoms with Crippen LogP contribution in [-0.4, -0.2) is 34.1 Å². The Hall–Kier alpha value is -3.13. The number of carbonyl (C=O) groups excluding carboxylic acids is 1. The molecule has 24 heavy (non-hydrogen) atoms. The first-order valence-electron chi connectivity index (χ1n) is 7.07. The molecule has 0 unspecified atom stereocenters. The fourth-order valence-corrected chi connectivity index (χ4v) is 1.98. The summed E-state index contributed by atoms with van der Waals surface area (Å²) in [5, 5.41) is 23.2. The van der Waals surface area contributed by atoms with Gasteiger partial charge < -0.3 is 19.9 Å². The summed E-state index contributed by atoms with van der Waals surface area (Å²) in [5.41, 5.74) is 0.483. The normalized spacial score (nSPS) is 11.7. The molecule has 0 saturated heterocycles. The van der Waals surface area contributed by atoms with Crippen LogP contribution in [0.2, 0.25) is 0 Å². The molecule has 1 aromatic heterocycles. The van der Waals surface area contributed by atoms with Crippen LogP contribution in [0.25, 0.3) is 0 Å². The van der Waals surface area contributed by atoms with Crippen molar-refractivity contribution in [2.24, 2.45) is 0 Å². The SMILES string of the molecule is O=C(C[C@@H](NCc1ccco1)C(=O)O)Nc1ccc(C(=O)O)cc1. The van der Waals surface area contributed by atoms with Crippen LogP contribution >= 0.6 is 0 Å². The molecule has 0 radical (unpaired) electrons. The quantitative estimate of drug-likeness (QED) is 0.577. The second-order valence-electron chi connectivity index (χ2n) is 4.99. The van der Waals surface area contributed by atoms with E-state index in [1.165, 1.54) is 30.5 Å². The summed E-state index contributed by atoms with van der Waals surface area (Å²) in [5.74, 6) is -2.16. The summed E-state index contributed by atoms with van der Waals surface area (Å²) < 4.78 is 5.09. The largest absolute Gasteiger partial charge is 0.480 e. The lowest BCUT2D eigenvalue weighted by atomic mass is 10.1. The van der Waals surface area contributed by atoms with Crippen molar-refractivity contribution in [2.45, 2.75) is 19.0 Å². The number of carbonyl (C=O) groups is 3. The monoisotopic (exact) mass is 332 g/mol. The highest BCUT2D eigenvalue weighted by molar-refractivity contribution is 5.94. The number of rotatable bonds is 8. The first-order valence-corrected chi connectivity index (χ1v) is 7.07. The number of carboxylic acid groups (broad SMARTS) is 2. The van der Waals surface area contributed by atoms with Crippen molar-refractivity contribution in [3.63, 3.8) is 0 Å². The van der Waals surface area contributed by atoms with Gasteiger partial charge in [-0.2, -0.15) is 0 Å². The zero-order valence-corrected chi connectivity index (χ0v) is 12.6. The van der Waals surface area contributed by atoms with E-state index in [1.807, 2.05) is 0 Å². The molecule has 0 aliphatic heterocycles. The fraction of sp³-hybridized carbons (Fsp3) is 0.188. The predicted octanol–water partition coefficient (Wildman–Crippen LogP) is 1.55. The van der Waals surface area contributed by atoms with E-state index in [-0.39, 0.29) is 18.5 Å². The molecule has 1 aromatic carbocycles. The van der Waals surface area contributed by atoms with Gasteiger partial charge in [0.15, 0.2) is 0 Å². The molecular weight excluding hydrogens is 316 g/mol. The number of furan rings is 1. The van der Waals surface area contributed by atoms with E-state index in [9.17, 15) is 19.5 Å². The average Bonchev–Trinajstić information content (AvgIpc) is 3.05. The van der Waals surface area contributed by atoms with Crippen molar-refractivity contribution in [2.75, 3.05) is 5.32 Å². The van der Waals surface area contributed by atoms with Crippen LogP contribution in [0.3, 0.4) is 0 Å². The van der Waals surface area contributed by atoms with Crippen LogP contribution in [0.15, 0.2) is 47.1 Å². The number of anilines is 1. The maximum atomic E-state index is 12.0. The number of aliphatic carboxylic acids is 1. The Kier molecular flexibility index (Phi) is 5.69. The van der Waals surface area contributed by atoms with Crippen LogP contribution in [0, 0.1) is 0 Å². The van der Waals surface area contributed by atoms with Crippen LogP contribution in [0.1, 0.15) is 22.5 Å². The highest BCUT2D eigenvalue weighted by Gasteiger charge is 2.21. The maximum Gasteiger partial charge on any atom is 0.335 e. The summed E-state index contributed by atoms with van der Waals surface area (Å²) in [4.78, 5) is 33.9. The number of carboxylic acids is 2. The van der Waals surface area contributed by atoms with E-state index < -0.39 is 23.9 Å². The van der Waals surface area contributed by atoms with E-state index in [2.05, 4.69) is 10.6 Å². The Bertz CT molecular complexity index is 709. The minimum atomic E-state index is -1.15. The molecule has 1 heterocycles. The summed E-state index contributed by atoms with van der Waals surface area (Å²) in [7, 11) is 0. The van der Waals surface area contributed by atoms with Gasteiger partial charge >= 0.3 is 11.9 Å². The fourth-order valence-electron chi connectivity index (χ4n) is 1.98. The molecule has 0 aliphatic carbocycles. The molecule has 0 fully saturated rings. The van der Waals surface area contributed by atoms with Gasteiger partial charge in [0.1, 0.15) is 11.8 Å². The first kappa shape index (κ1) is 17.2. The van der Waals surface area contributed by atoms with Gasteiger partial charge in [0, 0.05) is 5.69 Å². The van der Waals surface area contributed by atoms with Crippen molar-refractivity contribution >= 4 is 23.5 Å². The van der Waals surface area contributed by atoms with Crippen molar-refractivity contribution in [1.29, 1.82) is 0 Å². The summed E-state index contributed by atoms with van der Waals surface area (Å²) in [6.45, 7) is 0.185. The first-order chi connectivity index (χ1) is 11.5. The van der Waals surface area contributed by atoms with Crippen LogP contribution in [0.5, 0.6) is 0 Å². The minimum Gasteiger partial charge on any atom is -0.480 e. The molecule has 8 nitrogen and oxygen atoms in total. The number of benzene rings is 1. The standard InChI is InChI=1S/C16H16N2O6/c19-14(18-11-5-3-10(4-6-11)15(20)21)8-13(16(22)23)17-9-12-2-1-7-24-12/h1-7,13,17H,8-9H2,(H,18,19)(H,20,21)(H,22,23)/t13-/m1/s1. The Morgan fingerprint density at radius 2 is 1.79 bits per heavy atom. The second-order valence-corrected chi connectivity index (χ2v) is 4.99. The number of hydrogen-bond acceptors (Lipinski definition) is 5. The molecule has 2 rings (SSSR count). The van der Waals surface area contributed by atoms with Crippen molar-refractivity contribution in [3.8, 4) is 0 Å². The topological polar surface area (TPSA) is 129 Å². The van der Waals surface area contributed by atoms with Crippen LogP contribution in [-0.2, 0) is 16.1 Å². The Labute approximate surface area is 137 Å². The molecule has 0 saturated carbocycles. The zero-order chi connectivity index (χ0) is 17.5. The van der Waals surface area contributed by atoms with Crippen molar-refractivity contribution < 1.29 is 29.0 Å². The molecule has 126 valence electrons. The van der Waals surface area contributed by atoms with Gasteiger partial charge in [0.2, 0.25) is 5.91 Å². The highest BCUT2D eigenvalue weighted by Crippen LogP contribution is 2.10. The minimum absolute atomic E-state index is 0.0940. The van der Waals surface area contributed by atoms with Crippen LogP contribution < -0.4 is 10.6 Å². The third-order valence-corrected chi connectivity index (χ3v) is 3.21. The van der Waals surface area contributed by atoms with E-state index in [1.54, 1.807) is 12.1 Å². The molecule has 8 heteroatoms. The molecule has 0 aliphatic rings. The van der Waals surface area contributed by atoms with Gasteiger partial charge in [0.25, 0.3) is 0 Å². The summed E-state index contributed by atoms with van der Waals surface area (Å²) in [6.07, 6.45) is 1.19. The van der Waals surface area contributed by atoms with Gasteiger partial charge in [-0.1, -0.05) is 0 Å². The molecule has 4 N–H and O–H groups in total. The number of nitrogens with one attached hydrogen (secondary N) is 2. The lowest BCUT2D eigenvalue weighted by Gasteiger charge is -2.13. The molecule has 1 atom stereocenters. The third kappa shape index (κ3) is 4.96. The molecule has 1 amide bonds. The lowest BCUT2D eigenvalue weighted by molar-refractivity contribution is -0.141. The Morgan fingerprint density at radius 1 is 1.08 bits per heavy atom. The Balaban J connectivity index is 1.90. The van der Waals surface area contributed by atoms with E-state index >= 15 is 0 Å². The lowest BCUT2D eigenvalue weighted by Crippen LogP contribution is -2.39. The van der Waals surface area contributed by atoms with Crippen LogP contribution in [0.4, 0.5) is 5.69 Å². The van der Waals surface area contributed by atoms with Gasteiger partial charge in [0.05, 0.1) is 24.8 Å². The Morgan fingerprint density at radius 3 is 2.33 bits per heavy atom. The smallest absolute Gasteiger partial charge is 0.335 e. The predicted molar refractivity (Wildman–Crippen MR) is 83.6 cm³/mol. The van der Waals surface area contributed by atoms with Gasteiger partial charge in [-0.15, -0.1) is 0 Å². The highest BCUT2D eigenvalue weighted by atomic mass is 16.4. The van der Waals surface area contributed by atoms with E-state index in [4.69, 9.17) is 9.52 Å². The maximum absolute atomic E-state index is 12.0. The van der Waals surface area contributed by atoms with Crippen molar-refractivity contribution in [1.82, 2.24) is 5.32 Å². The average molecular weight is 332 g/mol. The number of aromatic carboxylic acids is 1. The van der Waals surface area contributed by atoms with Gasteiger partial charge in [-0.25, -0.2) is 4.79 Å². The van der Waals surface area contributed by atoms with E-state index in [0.717, 1.165) is 0 Å².